The number of thiazole rings is 1. The highest BCUT2D eigenvalue weighted by Crippen LogP contribution is 2.24. The van der Waals surface area contributed by atoms with Gasteiger partial charge in [0.05, 0.1) is 6.61 Å². The molecule has 2 heterocycles. The van der Waals surface area contributed by atoms with E-state index in [0.29, 0.717) is 11.6 Å². The van der Waals surface area contributed by atoms with Crippen LogP contribution in [0.1, 0.15) is 22.5 Å². The zero-order valence-electron chi connectivity index (χ0n) is 12.8. The number of halogens is 1. The van der Waals surface area contributed by atoms with Gasteiger partial charge in [-0.1, -0.05) is 6.07 Å². The van der Waals surface area contributed by atoms with Crippen LogP contribution in [-0.2, 0) is 11.2 Å². The van der Waals surface area contributed by atoms with Crippen LogP contribution in [0.5, 0.6) is 0 Å². The molecule has 2 aromatic heterocycles. The Kier molecular flexibility index (Phi) is 5.28. The van der Waals surface area contributed by atoms with Gasteiger partial charge in [-0.25, -0.2) is 14.2 Å². The summed E-state index contributed by atoms with van der Waals surface area (Å²) in [7, 11) is 0. The highest BCUT2D eigenvalue weighted by Gasteiger charge is 2.13. The summed E-state index contributed by atoms with van der Waals surface area (Å²) in [4.78, 5) is 20.3. The number of hydrogen-bond donors (Lipinski definition) is 0. The first-order valence-electron chi connectivity index (χ1n) is 7.50. The first-order chi connectivity index (χ1) is 11.7. The van der Waals surface area contributed by atoms with Crippen LogP contribution in [0.25, 0.3) is 10.6 Å². The highest BCUT2D eigenvalue weighted by atomic mass is 32.1. The van der Waals surface area contributed by atoms with Gasteiger partial charge >= 0.3 is 5.97 Å². The molecule has 0 spiro atoms. The van der Waals surface area contributed by atoms with E-state index in [1.807, 2.05) is 12.1 Å². The third kappa shape index (κ3) is 4.23. The molecule has 0 radical (unpaired) electrons. The zero-order chi connectivity index (χ0) is 16.8. The normalized spacial score (nSPS) is 10.5. The molecule has 0 bridgehead atoms. The number of nitrogens with zero attached hydrogens (tertiary/aromatic N) is 2. The fourth-order valence-corrected chi connectivity index (χ4v) is 2.95. The van der Waals surface area contributed by atoms with Crippen molar-refractivity contribution in [3.05, 3.63) is 71.2 Å². The van der Waals surface area contributed by atoms with E-state index in [9.17, 15) is 9.18 Å². The van der Waals surface area contributed by atoms with Crippen LogP contribution in [0.3, 0.4) is 0 Å². The van der Waals surface area contributed by atoms with Crippen molar-refractivity contribution >= 4 is 17.3 Å². The Labute approximate surface area is 143 Å². The standard InChI is InChI=1S/C18H15FN2O2S/c19-15-7-5-14(6-8-15)17-21-16(12-24-17)18(22)23-10-2-4-13-3-1-9-20-11-13/h1,3,5-9,11-12H,2,4,10H2. The molecule has 0 atom stereocenters. The molecule has 0 aliphatic rings. The van der Waals surface area contributed by atoms with Crippen LogP contribution in [0.2, 0.25) is 0 Å². The summed E-state index contributed by atoms with van der Waals surface area (Å²) in [5, 5.41) is 2.32. The Morgan fingerprint density at radius 2 is 2.04 bits per heavy atom. The molecule has 0 aliphatic heterocycles. The minimum Gasteiger partial charge on any atom is -0.461 e. The molecule has 122 valence electrons. The van der Waals surface area contributed by atoms with Crippen LogP contribution < -0.4 is 0 Å². The first-order valence-corrected chi connectivity index (χ1v) is 8.38. The molecular weight excluding hydrogens is 327 g/mol. The van der Waals surface area contributed by atoms with Crippen molar-refractivity contribution in [3.63, 3.8) is 0 Å². The summed E-state index contributed by atoms with van der Waals surface area (Å²) in [6.07, 6.45) is 5.06. The zero-order valence-corrected chi connectivity index (χ0v) is 13.6. The summed E-state index contributed by atoms with van der Waals surface area (Å²) < 4.78 is 18.2. The molecule has 1 aromatic carbocycles. The molecular formula is C18H15FN2O2S. The molecule has 0 fully saturated rings. The van der Waals surface area contributed by atoms with Gasteiger partial charge in [-0.2, -0.15) is 0 Å². The smallest absolute Gasteiger partial charge is 0.357 e. The molecule has 6 heteroatoms. The van der Waals surface area contributed by atoms with Gasteiger partial charge in [-0.3, -0.25) is 4.98 Å². The number of benzene rings is 1. The second kappa shape index (κ2) is 7.79. The Hall–Kier alpha value is -2.60. The van der Waals surface area contributed by atoms with Crippen LogP contribution in [-0.4, -0.2) is 22.5 Å². The van der Waals surface area contributed by atoms with Gasteiger partial charge in [0, 0.05) is 23.3 Å². The molecule has 0 unspecified atom stereocenters. The van der Waals surface area contributed by atoms with E-state index in [0.717, 1.165) is 24.0 Å². The number of esters is 1. The van der Waals surface area contributed by atoms with E-state index in [1.54, 1.807) is 29.9 Å². The van der Waals surface area contributed by atoms with Crippen molar-refractivity contribution in [1.82, 2.24) is 9.97 Å². The van der Waals surface area contributed by atoms with Crippen molar-refractivity contribution < 1.29 is 13.9 Å². The van der Waals surface area contributed by atoms with E-state index < -0.39 is 5.97 Å². The van der Waals surface area contributed by atoms with Gasteiger partial charge in [0.15, 0.2) is 5.69 Å². The maximum Gasteiger partial charge on any atom is 0.357 e. The number of aryl methyl sites for hydroxylation is 1. The number of carbonyl (C=O) groups is 1. The van der Waals surface area contributed by atoms with E-state index >= 15 is 0 Å². The lowest BCUT2D eigenvalue weighted by molar-refractivity contribution is 0.0495. The lowest BCUT2D eigenvalue weighted by Gasteiger charge is -2.03. The van der Waals surface area contributed by atoms with E-state index in [4.69, 9.17) is 4.74 Å². The van der Waals surface area contributed by atoms with Crippen molar-refractivity contribution in [2.45, 2.75) is 12.8 Å². The van der Waals surface area contributed by atoms with E-state index in [2.05, 4.69) is 9.97 Å². The summed E-state index contributed by atoms with van der Waals surface area (Å²) in [5.74, 6) is -0.741. The summed E-state index contributed by atoms with van der Waals surface area (Å²) in [6, 6.07) is 9.88. The first kappa shape index (κ1) is 16.3. The quantitative estimate of drug-likeness (QED) is 0.499. The van der Waals surface area contributed by atoms with Crippen LogP contribution in [0, 0.1) is 5.82 Å². The molecule has 3 aromatic rings. The van der Waals surface area contributed by atoms with Gasteiger partial charge in [-0.05, 0) is 48.7 Å². The third-order valence-corrected chi connectivity index (χ3v) is 4.26. The fourth-order valence-electron chi connectivity index (χ4n) is 2.15. The average Bonchev–Trinajstić information content (AvgIpc) is 3.10. The fraction of sp³-hybridized carbons (Fsp3) is 0.167. The van der Waals surface area contributed by atoms with E-state index in [1.165, 1.54) is 23.5 Å². The Morgan fingerprint density at radius 1 is 1.21 bits per heavy atom. The minimum absolute atomic E-state index is 0.278. The van der Waals surface area contributed by atoms with Gasteiger partial charge in [0.25, 0.3) is 0 Å². The topological polar surface area (TPSA) is 52.1 Å². The lowest BCUT2D eigenvalue weighted by atomic mass is 10.2. The van der Waals surface area contributed by atoms with E-state index in [-0.39, 0.29) is 11.5 Å². The second-order valence-corrected chi connectivity index (χ2v) is 6.00. The number of aromatic nitrogens is 2. The van der Waals surface area contributed by atoms with Crippen LogP contribution in [0.15, 0.2) is 54.2 Å². The summed E-state index contributed by atoms with van der Waals surface area (Å²) >= 11 is 1.33. The lowest BCUT2D eigenvalue weighted by Crippen LogP contribution is -2.07. The van der Waals surface area contributed by atoms with Crippen molar-refractivity contribution in [3.8, 4) is 10.6 Å². The van der Waals surface area contributed by atoms with Gasteiger partial charge < -0.3 is 4.74 Å². The maximum atomic E-state index is 12.9. The summed E-state index contributed by atoms with van der Waals surface area (Å²) in [5.41, 5.74) is 2.17. The number of ether oxygens (including phenoxy) is 1. The highest BCUT2D eigenvalue weighted by molar-refractivity contribution is 7.13. The van der Waals surface area contributed by atoms with Crippen LogP contribution >= 0.6 is 11.3 Å². The molecule has 3 rings (SSSR count). The monoisotopic (exact) mass is 342 g/mol. The van der Waals surface area contributed by atoms with Crippen molar-refractivity contribution in [2.75, 3.05) is 6.61 Å². The van der Waals surface area contributed by atoms with Gasteiger partial charge in [-0.15, -0.1) is 11.3 Å². The molecule has 0 amide bonds. The predicted octanol–water partition coefficient (Wildman–Crippen LogP) is 4.13. The summed E-state index contributed by atoms with van der Waals surface area (Å²) in [6.45, 7) is 0.330. The molecule has 24 heavy (non-hydrogen) atoms. The SMILES string of the molecule is O=C(OCCCc1cccnc1)c1csc(-c2ccc(F)cc2)n1. The van der Waals surface area contributed by atoms with Crippen LogP contribution in [0.4, 0.5) is 4.39 Å². The Morgan fingerprint density at radius 3 is 2.79 bits per heavy atom. The predicted molar refractivity (Wildman–Crippen MR) is 90.3 cm³/mol. The Balaban J connectivity index is 1.51. The number of rotatable bonds is 6. The largest absolute Gasteiger partial charge is 0.461 e. The number of hydrogen-bond acceptors (Lipinski definition) is 5. The van der Waals surface area contributed by atoms with Crippen molar-refractivity contribution in [2.24, 2.45) is 0 Å². The molecule has 0 aliphatic carbocycles. The molecule has 0 saturated heterocycles. The second-order valence-electron chi connectivity index (χ2n) is 5.15. The molecule has 0 saturated carbocycles. The third-order valence-electron chi connectivity index (χ3n) is 3.37. The minimum atomic E-state index is -0.439. The van der Waals surface area contributed by atoms with Crippen molar-refractivity contribution in [1.29, 1.82) is 0 Å². The van der Waals surface area contributed by atoms with Gasteiger partial charge in [0.1, 0.15) is 10.8 Å². The molecule has 0 N–H and O–H groups in total. The molecule has 4 nitrogen and oxygen atoms in total. The number of carbonyl (C=O) groups excluding carboxylic acids is 1. The van der Waals surface area contributed by atoms with Gasteiger partial charge in [0.2, 0.25) is 0 Å². The number of pyridine rings is 1. The average molecular weight is 342 g/mol. The maximum absolute atomic E-state index is 12.9. The Bertz CT molecular complexity index is 803.